The molecule has 118 valence electrons. The molecule has 0 unspecified atom stereocenters. The van der Waals surface area contributed by atoms with Gasteiger partial charge in [0.05, 0.1) is 6.04 Å². The molecule has 0 amide bonds. The zero-order chi connectivity index (χ0) is 13.7. The van der Waals surface area contributed by atoms with Crippen LogP contribution in [0.2, 0.25) is 0 Å². The van der Waals surface area contributed by atoms with E-state index in [1.807, 2.05) is 24.3 Å². The van der Waals surface area contributed by atoms with Crippen LogP contribution in [0, 0.1) is 0 Å². The number of nitrogens with one attached hydrogen (secondary N) is 1. The van der Waals surface area contributed by atoms with Crippen LogP contribution >= 0.6 is 24.8 Å². The third-order valence-corrected chi connectivity index (χ3v) is 3.23. The zero-order valence-corrected chi connectivity index (χ0v) is 13.7. The molecule has 0 spiro atoms. The topological polar surface area (TPSA) is 41.6 Å². The van der Waals surface area contributed by atoms with Crippen LogP contribution in [-0.4, -0.2) is 37.0 Å². The van der Waals surface area contributed by atoms with Gasteiger partial charge in [-0.3, -0.25) is 9.69 Å². The molecule has 1 fully saturated rings. The first kappa shape index (κ1) is 19.9. The zero-order valence-electron chi connectivity index (χ0n) is 12.1. The standard InChI is InChI=1S/C15H20N2O2.2ClH/c1-3-15(17-9-7-16-8-10-17)13-5-4-6-14(11-13)19-12(2)18;;/h3-6,11,15-16H,1,7-10H2,2H3;2*1H/t15-;;/m0../s1. The fraction of sp³-hybridized carbons (Fsp3) is 0.400. The Balaban J connectivity index is 0.00000200. The lowest BCUT2D eigenvalue weighted by atomic mass is 10.0. The Hall–Kier alpha value is -1.07. The van der Waals surface area contributed by atoms with Crippen molar-refractivity contribution in [1.82, 2.24) is 10.2 Å². The number of nitrogens with zero attached hydrogens (tertiary/aromatic N) is 1. The number of hydrogen-bond acceptors (Lipinski definition) is 4. The maximum Gasteiger partial charge on any atom is 0.308 e. The lowest BCUT2D eigenvalue weighted by Crippen LogP contribution is -2.44. The van der Waals surface area contributed by atoms with E-state index < -0.39 is 0 Å². The number of carbonyl (C=O) groups excluding carboxylic acids is 1. The van der Waals surface area contributed by atoms with Crippen molar-refractivity contribution in [3.05, 3.63) is 42.5 Å². The van der Waals surface area contributed by atoms with Gasteiger partial charge >= 0.3 is 5.97 Å². The maximum atomic E-state index is 11.0. The number of esters is 1. The van der Waals surface area contributed by atoms with Crippen LogP contribution in [0.3, 0.4) is 0 Å². The number of hydrogen-bond donors (Lipinski definition) is 1. The van der Waals surface area contributed by atoms with Crippen LogP contribution in [0.5, 0.6) is 5.75 Å². The molecule has 21 heavy (non-hydrogen) atoms. The minimum atomic E-state index is -0.297. The van der Waals surface area contributed by atoms with Gasteiger partial charge in [-0.25, -0.2) is 0 Å². The molecule has 1 heterocycles. The van der Waals surface area contributed by atoms with Gasteiger partial charge in [0.15, 0.2) is 0 Å². The van der Waals surface area contributed by atoms with E-state index in [4.69, 9.17) is 4.74 Å². The summed E-state index contributed by atoms with van der Waals surface area (Å²) in [6, 6.07) is 7.82. The van der Waals surface area contributed by atoms with E-state index in [9.17, 15) is 4.79 Å². The Kier molecular flexibility index (Phi) is 9.29. The minimum Gasteiger partial charge on any atom is -0.427 e. The fourth-order valence-electron chi connectivity index (χ4n) is 2.38. The predicted molar refractivity (Wildman–Crippen MR) is 89.6 cm³/mol. The van der Waals surface area contributed by atoms with Crippen molar-refractivity contribution >= 4 is 30.8 Å². The molecule has 6 heteroatoms. The Morgan fingerprint density at radius 1 is 1.38 bits per heavy atom. The van der Waals surface area contributed by atoms with Gasteiger partial charge in [0.1, 0.15) is 5.75 Å². The Labute approximate surface area is 138 Å². The average Bonchev–Trinajstić information content (AvgIpc) is 2.40. The molecule has 0 saturated carbocycles. The summed E-state index contributed by atoms with van der Waals surface area (Å²) >= 11 is 0. The van der Waals surface area contributed by atoms with Crippen molar-refractivity contribution in [2.24, 2.45) is 0 Å². The molecule has 1 atom stereocenters. The van der Waals surface area contributed by atoms with E-state index >= 15 is 0 Å². The SMILES string of the molecule is C=C[C@@H](c1cccc(OC(C)=O)c1)N1CCNCC1.Cl.Cl. The molecular formula is C15H22Cl2N2O2. The summed E-state index contributed by atoms with van der Waals surface area (Å²) < 4.78 is 5.13. The molecule has 1 aliphatic heterocycles. The predicted octanol–water partition coefficient (Wildman–Crippen LogP) is 2.59. The molecule has 0 bridgehead atoms. The van der Waals surface area contributed by atoms with Gasteiger partial charge in [-0.15, -0.1) is 31.4 Å². The number of benzene rings is 1. The summed E-state index contributed by atoms with van der Waals surface area (Å²) in [7, 11) is 0. The first-order chi connectivity index (χ1) is 9.20. The highest BCUT2D eigenvalue weighted by Gasteiger charge is 2.19. The molecule has 0 aliphatic carbocycles. The van der Waals surface area contributed by atoms with Crippen molar-refractivity contribution in [3.63, 3.8) is 0 Å². The highest BCUT2D eigenvalue weighted by Crippen LogP contribution is 2.25. The summed E-state index contributed by atoms with van der Waals surface area (Å²) in [4.78, 5) is 13.4. The van der Waals surface area contributed by atoms with E-state index in [0.717, 1.165) is 31.7 Å². The van der Waals surface area contributed by atoms with E-state index in [1.165, 1.54) is 6.92 Å². The third kappa shape index (κ3) is 5.67. The van der Waals surface area contributed by atoms with Crippen LogP contribution < -0.4 is 10.1 Å². The summed E-state index contributed by atoms with van der Waals surface area (Å²) in [5.41, 5.74) is 1.11. The molecular weight excluding hydrogens is 311 g/mol. The number of piperazine rings is 1. The second kappa shape index (κ2) is 9.79. The fourth-order valence-corrected chi connectivity index (χ4v) is 2.38. The van der Waals surface area contributed by atoms with Gasteiger partial charge in [0.2, 0.25) is 0 Å². The minimum absolute atomic E-state index is 0. The van der Waals surface area contributed by atoms with Crippen molar-refractivity contribution in [2.75, 3.05) is 26.2 Å². The summed E-state index contributed by atoms with van der Waals surface area (Å²) in [5, 5.41) is 3.34. The molecule has 1 saturated heterocycles. The smallest absolute Gasteiger partial charge is 0.308 e. The highest BCUT2D eigenvalue weighted by molar-refractivity contribution is 5.85. The number of ether oxygens (including phenoxy) is 1. The summed E-state index contributed by atoms with van der Waals surface area (Å²) in [5.74, 6) is 0.293. The molecule has 0 aromatic heterocycles. The second-order valence-corrected chi connectivity index (χ2v) is 4.63. The van der Waals surface area contributed by atoms with Crippen molar-refractivity contribution < 1.29 is 9.53 Å². The number of carbonyl (C=O) groups is 1. The van der Waals surface area contributed by atoms with E-state index in [-0.39, 0.29) is 36.8 Å². The summed E-state index contributed by atoms with van der Waals surface area (Å²) in [6.45, 7) is 9.32. The van der Waals surface area contributed by atoms with Crippen molar-refractivity contribution in [2.45, 2.75) is 13.0 Å². The number of halogens is 2. The molecule has 1 N–H and O–H groups in total. The van der Waals surface area contributed by atoms with Crippen LogP contribution in [0.15, 0.2) is 36.9 Å². The van der Waals surface area contributed by atoms with Crippen LogP contribution in [0.1, 0.15) is 18.5 Å². The maximum absolute atomic E-state index is 11.0. The molecule has 4 nitrogen and oxygen atoms in total. The Morgan fingerprint density at radius 2 is 2.05 bits per heavy atom. The Bertz CT molecular complexity index is 463. The molecule has 1 aromatic carbocycles. The van der Waals surface area contributed by atoms with Crippen LogP contribution in [-0.2, 0) is 4.79 Å². The largest absolute Gasteiger partial charge is 0.427 e. The van der Waals surface area contributed by atoms with Gasteiger partial charge in [-0.05, 0) is 17.7 Å². The molecule has 1 aliphatic rings. The second-order valence-electron chi connectivity index (χ2n) is 4.63. The first-order valence-corrected chi connectivity index (χ1v) is 6.56. The van der Waals surface area contributed by atoms with Crippen LogP contribution in [0.25, 0.3) is 0 Å². The normalized spacial score (nSPS) is 16.0. The lowest BCUT2D eigenvalue weighted by molar-refractivity contribution is -0.131. The summed E-state index contributed by atoms with van der Waals surface area (Å²) in [6.07, 6.45) is 1.94. The van der Waals surface area contributed by atoms with E-state index in [0.29, 0.717) is 5.75 Å². The van der Waals surface area contributed by atoms with Gasteiger partial charge in [-0.2, -0.15) is 0 Å². The van der Waals surface area contributed by atoms with E-state index in [1.54, 1.807) is 6.07 Å². The third-order valence-electron chi connectivity index (χ3n) is 3.23. The molecule has 0 radical (unpaired) electrons. The Morgan fingerprint density at radius 3 is 2.62 bits per heavy atom. The lowest BCUT2D eigenvalue weighted by Gasteiger charge is -2.33. The van der Waals surface area contributed by atoms with Gasteiger partial charge < -0.3 is 10.1 Å². The van der Waals surface area contributed by atoms with Gasteiger partial charge in [0, 0.05) is 33.1 Å². The number of rotatable bonds is 4. The van der Waals surface area contributed by atoms with Gasteiger partial charge in [0.25, 0.3) is 0 Å². The monoisotopic (exact) mass is 332 g/mol. The van der Waals surface area contributed by atoms with Crippen LogP contribution in [0.4, 0.5) is 0 Å². The van der Waals surface area contributed by atoms with Crippen molar-refractivity contribution in [3.8, 4) is 5.75 Å². The first-order valence-electron chi connectivity index (χ1n) is 6.56. The average molecular weight is 333 g/mol. The van der Waals surface area contributed by atoms with Crippen molar-refractivity contribution in [1.29, 1.82) is 0 Å². The van der Waals surface area contributed by atoms with Gasteiger partial charge in [-0.1, -0.05) is 18.2 Å². The molecule has 2 rings (SSSR count). The molecule has 1 aromatic rings. The quantitative estimate of drug-likeness (QED) is 0.522. The van der Waals surface area contributed by atoms with E-state index in [2.05, 4.69) is 16.8 Å². The highest BCUT2D eigenvalue weighted by atomic mass is 35.5.